The smallest absolute Gasteiger partial charge is 0.295 e. The van der Waals surface area contributed by atoms with Gasteiger partial charge in [0.15, 0.2) is 0 Å². The number of likely N-dealkylation sites (tertiary alicyclic amines) is 1. The average molecular weight is 454 g/mol. The van der Waals surface area contributed by atoms with Crippen LogP contribution in [0.4, 0.5) is 0 Å². The first-order chi connectivity index (χ1) is 15.4. The zero-order chi connectivity index (χ0) is 22.8. The first-order valence-electron chi connectivity index (χ1n) is 11.5. The highest BCUT2D eigenvalue weighted by Gasteiger charge is 2.49. The van der Waals surface area contributed by atoms with Crippen LogP contribution in [0.1, 0.15) is 68.0 Å². The fourth-order valence-corrected chi connectivity index (χ4v) is 5.67. The monoisotopic (exact) mass is 453 g/mol. The number of carbonyl (C=O) groups excluding carboxylic acids is 2. The molecular weight excluding hydrogens is 422 g/mol. The Morgan fingerprint density at radius 1 is 1.12 bits per heavy atom. The number of benzene rings is 1. The van der Waals surface area contributed by atoms with E-state index in [1.807, 2.05) is 18.4 Å². The maximum Gasteiger partial charge on any atom is 0.295 e. The van der Waals surface area contributed by atoms with E-state index in [9.17, 15) is 14.7 Å². The van der Waals surface area contributed by atoms with Gasteiger partial charge in [-0.15, -0.1) is 11.3 Å². The van der Waals surface area contributed by atoms with Crippen molar-refractivity contribution < 1.29 is 19.4 Å². The molecule has 170 valence electrons. The van der Waals surface area contributed by atoms with E-state index in [1.54, 1.807) is 29.2 Å². The molecule has 1 aromatic heterocycles. The van der Waals surface area contributed by atoms with Crippen molar-refractivity contribution in [1.82, 2.24) is 4.90 Å². The zero-order valence-electron chi connectivity index (χ0n) is 19.0. The van der Waals surface area contributed by atoms with Crippen LogP contribution in [0.15, 0.2) is 41.3 Å². The van der Waals surface area contributed by atoms with E-state index in [0.29, 0.717) is 23.8 Å². The summed E-state index contributed by atoms with van der Waals surface area (Å²) in [6.45, 7) is 6.76. The Morgan fingerprint density at radius 3 is 2.41 bits per heavy atom. The van der Waals surface area contributed by atoms with Gasteiger partial charge in [0, 0.05) is 16.5 Å². The molecule has 0 radical (unpaired) electrons. The molecule has 0 bridgehead atoms. The fourth-order valence-electron chi connectivity index (χ4n) is 4.64. The number of amides is 1. The number of ketones is 1. The lowest BCUT2D eigenvalue weighted by Gasteiger charge is -2.35. The minimum Gasteiger partial charge on any atom is -0.507 e. The molecular formula is C26H31NO4S. The van der Waals surface area contributed by atoms with Gasteiger partial charge in [0.05, 0.1) is 12.2 Å². The molecule has 1 saturated heterocycles. The molecule has 1 atom stereocenters. The van der Waals surface area contributed by atoms with Crippen LogP contribution in [0, 0.1) is 12.8 Å². The lowest BCUT2D eigenvalue weighted by molar-refractivity contribution is -0.141. The van der Waals surface area contributed by atoms with Gasteiger partial charge < -0.3 is 14.7 Å². The Bertz CT molecular complexity index is 1010. The molecule has 1 aliphatic carbocycles. The number of Topliss-reactive ketones (excluding diaryl/α,β-unsaturated/α-hetero) is 1. The van der Waals surface area contributed by atoms with Crippen molar-refractivity contribution in [2.45, 2.75) is 65.0 Å². The topological polar surface area (TPSA) is 66.8 Å². The van der Waals surface area contributed by atoms with E-state index in [1.165, 1.54) is 11.3 Å². The number of nitrogens with zero attached hydrogens (tertiary/aromatic N) is 1. The largest absolute Gasteiger partial charge is 0.507 e. The molecule has 6 heteroatoms. The second kappa shape index (κ2) is 9.49. The summed E-state index contributed by atoms with van der Waals surface area (Å²) in [5.41, 5.74) is 1.75. The molecule has 1 aliphatic heterocycles. The second-order valence-corrected chi connectivity index (χ2v) is 10.1. The van der Waals surface area contributed by atoms with Crippen LogP contribution >= 0.6 is 11.3 Å². The lowest BCUT2D eigenvalue weighted by atomic mass is 9.92. The van der Waals surface area contributed by atoms with Gasteiger partial charge in [-0.1, -0.05) is 33.1 Å². The Kier molecular flexibility index (Phi) is 6.70. The predicted molar refractivity (Wildman–Crippen MR) is 127 cm³/mol. The van der Waals surface area contributed by atoms with E-state index in [4.69, 9.17) is 4.74 Å². The quantitative estimate of drug-likeness (QED) is 0.339. The molecule has 1 aromatic carbocycles. The van der Waals surface area contributed by atoms with Crippen LogP contribution in [-0.4, -0.2) is 34.3 Å². The molecule has 2 aliphatic rings. The van der Waals surface area contributed by atoms with Crippen LogP contribution in [0.2, 0.25) is 0 Å². The lowest BCUT2D eigenvalue weighted by Crippen LogP contribution is -2.40. The summed E-state index contributed by atoms with van der Waals surface area (Å²) >= 11 is 1.54. The number of hydrogen-bond acceptors (Lipinski definition) is 5. The van der Waals surface area contributed by atoms with Gasteiger partial charge >= 0.3 is 0 Å². The molecule has 1 unspecified atom stereocenters. The molecule has 1 amide bonds. The number of rotatable bonds is 6. The van der Waals surface area contributed by atoms with E-state index >= 15 is 0 Å². The van der Waals surface area contributed by atoms with Crippen LogP contribution in [-0.2, 0) is 9.59 Å². The Balaban J connectivity index is 1.74. The Morgan fingerprint density at radius 2 is 1.81 bits per heavy atom. The predicted octanol–water partition coefficient (Wildman–Crippen LogP) is 5.85. The second-order valence-electron chi connectivity index (χ2n) is 9.20. The van der Waals surface area contributed by atoms with Crippen LogP contribution in [0.25, 0.3) is 5.76 Å². The third-order valence-corrected chi connectivity index (χ3v) is 7.38. The number of thiophene rings is 1. The van der Waals surface area contributed by atoms with Crippen LogP contribution < -0.4 is 4.74 Å². The van der Waals surface area contributed by atoms with Crippen molar-refractivity contribution in [3.63, 3.8) is 0 Å². The van der Waals surface area contributed by atoms with Crippen molar-refractivity contribution in [1.29, 1.82) is 0 Å². The van der Waals surface area contributed by atoms with E-state index in [0.717, 1.165) is 42.5 Å². The maximum absolute atomic E-state index is 13.2. The highest BCUT2D eigenvalue weighted by molar-refractivity contribution is 7.10. The van der Waals surface area contributed by atoms with E-state index in [-0.39, 0.29) is 17.4 Å². The molecule has 0 spiro atoms. The summed E-state index contributed by atoms with van der Waals surface area (Å²) in [5, 5.41) is 13.2. The molecule has 1 N–H and O–H groups in total. The van der Waals surface area contributed by atoms with Gasteiger partial charge in [-0.25, -0.2) is 0 Å². The molecule has 32 heavy (non-hydrogen) atoms. The van der Waals surface area contributed by atoms with Crippen molar-refractivity contribution >= 4 is 28.8 Å². The molecule has 2 fully saturated rings. The van der Waals surface area contributed by atoms with Gasteiger partial charge in [0.1, 0.15) is 17.6 Å². The van der Waals surface area contributed by atoms with Crippen molar-refractivity contribution in [3.05, 3.63) is 57.3 Å². The Hall–Kier alpha value is -2.60. The van der Waals surface area contributed by atoms with Gasteiger partial charge in [-0.3, -0.25) is 9.59 Å². The van der Waals surface area contributed by atoms with Gasteiger partial charge in [-0.2, -0.15) is 0 Å². The number of ether oxygens (including phenoxy) is 1. The fraction of sp³-hybridized carbons (Fsp3) is 0.462. The normalized spacial score (nSPS) is 21.5. The third kappa shape index (κ3) is 4.33. The summed E-state index contributed by atoms with van der Waals surface area (Å²) in [7, 11) is 0. The number of hydrogen-bond donors (Lipinski definition) is 1. The van der Waals surface area contributed by atoms with Gasteiger partial charge in [-0.05, 0) is 67.0 Å². The summed E-state index contributed by atoms with van der Waals surface area (Å²) < 4.78 is 5.73. The minimum absolute atomic E-state index is 0.0313. The van der Waals surface area contributed by atoms with E-state index in [2.05, 4.69) is 13.8 Å². The summed E-state index contributed by atoms with van der Waals surface area (Å²) in [5.74, 6) is -0.0783. The molecule has 4 rings (SSSR count). The maximum atomic E-state index is 13.2. The minimum atomic E-state index is -0.592. The number of aryl methyl sites for hydroxylation is 1. The average Bonchev–Trinajstić information content (AvgIpc) is 3.33. The highest BCUT2D eigenvalue weighted by atomic mass is 32.1. The molecule has 1 saturated carbocycles. The van der Waals surface area contributed by atoms with Gasteiger partial charge in [0.2, 0.25) is 0 Å². The summed E-state index contributed by atoms with van der Waals surface area (Å²) in [6, 6.07) is 8.58. The number of carbonyl (C=O) groups is 2. The summed E-state index contributed by atoms with van der Waals surface area (Å²) in [6.07, 6.45) is 5.07. The van der Waals surface area contributed by atoms with Crippen molar-refractivity contribution in [2.24, 2.45) is 5.92 Å². The third-order valence-electron chi connectivity index (χ3n) is 6.31. The standard InChI is InChI=1S/C26H31NO4S/c1-16(2)15-31-20-11-9-18(10-12-20)23(28)21-22(25-17(3)13-14-32-25)27(26(30)24(21)29)19-7-5-4-6-8-19/h9-14,16,19,22,28H,4-8,15H2,1-3H3/b23-21-. The van der Waals surface area contributed by atoms with E-state index < -0.39 is 17.7 Å². The van der Waals surface area contributed by atoms with Crippen molar-refractivity contribution in [3.8, 4) is 5.75 Å². The van der Waals surface area contributed by atoms with Crippen LogP contribution in [0.3, 0.4) is 0 Å². The molecule has 5 nitrogen and oxygen atoms in total. The summed E-state index contributed by atoms with van der Waals surface area (Å²) in [4.78, 5) is 29.1. The van der Waals surface area contributed by atoms with Crippen LogP contribution in [0.5, 0.6) is 5.75 Å². The number of aliphatic hydroxyl groups excluding tert-OH is 1. The van der Waals surface area contributed by atoms with Gasteiger partial charge in [0.25, 0.3) is 11.7 Å². The number of aliphatic hydroxyl groups is 1. The first-order valence-corrected chi connectivity index (χ1v) is 12.3. The first kappa shape index (κ1) is 22.6. The zero-order valence-corrected chi connectivity index (χ0v) is 19.8. The Labute approximate surface area is 193 Å². The SMILES string of the molecule is Cc1ccsc1C1/C(=C(/O)c2ccc(OCC(C)C)cc2)C(=O)C(=O)N1C1CCCCC1. The molecule has 2 heterocycles. The van der Waals surface area contributed by atoms with Crippen molar-refractivity contribution in [2.75, 3.05) is 6.61 Å². The molecule has 2 aromatic rings. The highest BCUT2D eigenvalue weighted by Crippen LogP contribution is 2.45.